The Hall–Kier alpha value is -1.73. The molecule has 0 aliphatic carbocycles. The molecule has 31 heteroatoms. The molecule has 0 aromatic carbocycles. The highest BCUT2D eigenvalue weighted by molar-refractivity contribution is 7.90. The number of quaternary nitrogens is 1. The number of nitrogens with zero attached hydrogens (tertiary/aromatic N) is 2. The summed E-state index contributed by atoms with van der Waals surface area (Å²) in [4.78, 5) is 0. The van der Waals surface area contributed by atoms with Gasteiger partial charge in [0.2, 0.25) is 0 Å². The van der Waals surface area contributed by atoms with Crippen LogP contribution in [0.1, 0.15) is 12.8 Å². The maximum absolute atomic E-state index is 14.8. The quantitative estimate of drug-likeness (QED) is 0.102. The Kier molecular flexibility index (Phi) is 13.7. The van der Waals surface area contributed by atoms with Crippen LogP contribution in [0, 0.1) is 0 Å². The molecule has 308 valence electrons. The van der Waals surface area contributed by atoms with Crippen molar-refractivity contribution in [1.29, 1.82) is 0 Å². The number of hydrogen-bond donors (Lipinski definition) is 1. The Labute approximate surface area is 272 Å². The standard InChI is InChI=1S/C20H23F21N2O6S2/c1-43(2,8-9-44)7-3-5-42(6-4-10-50(45,46)47)51(48,49)20(40,41)18(35,36)16(31,32)14(27,28)12(23,24)11(21,22)13(25,26)15(29,30)17(33,34)19(37,38)39/h44H,3-10H2,1-2H3. The van der Waals surface area contributed by atoms with Gasteiger partial charge in [0.15, 0.2) is 0 Å². The van der Waals surface area contributed by atoms with Gasteiger partial charge in [-0.1, -0.05) is 0 Å². The van der Waals surface area contributed by atoms with Crippen molar-refractivity contribution in [2.75, 3.05) is 52.6 Å². The second-order valence-electron chi connectivity index (χ2n) is 11.1. The summed E-state index contributed by atoms with van der Waals surface area (Å²) in [6.07, 6.45) is -10.5. The molecule has 0 rings (SSSR count). The lowest BCUT2D eigenvalue weighted by Crippen LogP contribution is -2.77. The van der Waals surface area contributed by atoms with E-state index in [4.69, 9.17) is 5.11 Å². The van der Waals surface area contributed by atoms with Crippen LogP contribution >= 0.6 is 0 Å². The van der Waals surface area contributed by atoms with Gasteiger partial charge in [-0.05, 0) is 6.42 Å². The number of alkyl halides is 21. The Morgan fingerprint density at radius 1 is 0.529 bits per heavy atom. The summed E-state index contributed by atoms with van der Waals surface area (Å²) in [5.41, 5.74) is 0. The van der Waals surface area contributed by atoms with E-state index < -0.39 is 133 Å². The fraction of sp³-hybridized carbons (Fsp3) is 1.00. The Morgan fingerprint density at radius 2 is 0.843 bits per heavy atom. The number of aliphatic hydroxyl groups is 1. The molecule has 1 N–H and O–H groups in total. The van der Waals surface area contributed by atoms with E-state index in [1.165, 1.54) is 14.1 Å². The van der Waals surface area contributed by atoms with Crippen LogP contribution in [0.5, 0.6) is 0 Å². The van der Waals surface area contributed by atoms with E-state index in [9.17, 15) is 114 Å². The minimum Gasteiger partial charge on any atom is -0.748 e. The summed E-state index contributed by atoms with van der Waals surface area (Å²) in [5, 5.41) is 0.921. The average Bonchev–Trinajstić information content (AvgIpc) is 2.89. The third-order valence-corrected chi connectivity index (χ3v) is 9.56. The number of aliphatic hydroxyl groups excluding tert-OH is 1. The number of likely N-dealkylation sites (N-methyl/N-ethyl adjacent to an activating group) is 1. The van der Waals surface area contributed by atoms with Crippen LogP contribution in [-0.2, 0) is 20.1 Å². The van der Waals surface area contributed by atoms with Crippen molar-refractivity contribution >= 4 is 20.1 Å². The normalized spacial score (nSPS) is 16.3. The topological polar surface area (TPSA) is 115 Å². The van der Waals surface area contributed by atoms with Crippen molar-refractivity contribution in [1.82, 2.24) is 4.31 Å². The smallest absolute Gasteiger partial charge is 0.460 e. The van der Waals surface area contributed by atoms with Gasteiger partial charge in [0, 0.05) is 25.3 Å². The highest BCUT2D eigenvalue weighted by Gasteiger charge is 2.98. The second-order valence-corrected chi connectivity index (χ2v) is 14.6. The molecule has 0 heterocycles. The molecule has 0 spiro atoms. The van der Waals surface area contributed by atoms with Crippen molar-refractivity contribution in [3.8, 4) is 0 Å². The zero-order valence-corrected chi connectivity index (χ0v) is 26.4. The lowest BCUT2D eigenvalue weighted by atomic mass is 9.87. The first-order chi connectivity index (χ1) is 21.9. The van der Waals surface area contributed by atoms with Gasteiger partial charge in [0.05, 0.1) is 37.4 Å². The first-order valence-electron chi connectivity index (χ1n) is 12.7. The van der Waals surface area contributed by atoms with Gasteiger partial charge in [-0.2, -0.15) is 96.5 Å². The highest BCUT2D eigenvalue weighted by Crippen LogP contribution is 2.66. The van der Waals surface area contributed by atoms with E-state index >= 15 is 0 Å². The molecule has 0 amide bonds. The third kappa shape index (κ3) is 8.20. The maximum Gasteiger partial charge on any atom is 0.460 e. The summed E-state index contributed by atoms with van der Waals surface area (Å²) in [7, 11) is -10.9. The minimum absolute atomic E-state index is 0.242. The Bertz CT molecular complexity index is 1430. The molecule has 0 saturated carbocycles. The van der Waals surface area contributed by atoms with E-state index in [0.717, 1.165) is 0 Å². The van der Waals surface area contributed by atoms with Crippen LogP contribution in [-0.4, -0.2) is 147 Å². The van der Waals surface area contributed by atoms with Crippen molar-refractivity contribution in [2.24, 2.45) is 0 Å². The van der Waals surface area contributed by atoms with Crippen LogP contribution < -0.4 is 0 Å². The summed E-state index contributed by atoms with van der Waals surface area (Å²) in [6, 6.07) is 0. The lowest BCUT2D eigenvalue weighted by molar-refractivity contribution is -0.890. The molecule has 0 atom stereocenters. The van der Waals surface area contributed by atoms with Gasteiger partial charge in [-0.3, -0.25) is 0 Å². The molecule has 0 aliphatic rings. The monoisotopic (exact) mass is 850 g/mol. The molecule has 51 heavy (non-hydrogen) atoms. The predicted molar refractivity (Wildman–Crippen MR) is 124 cm³/mol. The van der Waals surface area contributed by atoms with Gasteiger partial charge in [-0.15, -0.1) is 0 Å². The molecule has 0 saturated heterocycles. The maximum atomic E-state index is 14.8. The van der Waals surface area contributed by atoms with Crippen molar-refractivity contribution < 1.29 is 123 Å². The van der Waals surface area contributed by atoms with Crippen molar-refractivity contribution in [2.45, 2.75) is 71.7 Å². The summed E-state index contributed by atoms with van der Waals surface area (Å²) in [6.45, 7) is -4.95. The number of sulfonamides is 1. The van der Waals surface area contributed by atoms with Crippen LogP contribution in [0.4, 0.5) is 92.2 Å². The molecule has 0 aromatic heterocycles. The van der Waals surface area contributed by atoms with Crippen LogP contribution in [0.3, 0.4) is 0 Å². The minimum atomic E-state index is -9.47. The first-order valence-corrected chi connectivity index (χ1v) is 15.7. The molecule has 8 nitrogen and oxygen atoms in total. The van der Waals surface area contributed by atoms with Gasteiger partial charge in [-0.25, -0.2) is 16.8 Å². The lowest BCUT2D eigenvalue weighted by Gasteiger charge is -2.44. The van der Waals surface area contributed by atoms with E-state index in [2.05, 4.69) is 0 Å². The van der Waals surface area contributed by atoms with Crippen LogP contribution in [0.2, 0.25) is 0 Å². The number of halogens is 21. The summed E-state index contributed by atoms with van der Waals surface area (Å²) >= 11 is 0. The van der Waals surface area contributed by atoms with Crippen LogP contribution in [0.25, 0.3) is 0 Å². The molecule has 0 aromatic rings. The SMILES string of the molecule is C[N+](C)(CCO)CCCN(CCCS(=O)(=O)[O-])S(=O)(=O)C(F)(F)C(F)(F)C(F)(F)C(F)(F)C(F)(F)C(F)(F)C(F)(F)C(F)(F)C(F)(F)C(F)(F)F. The van der Waals surface area contributed by atoms with E-state index in [-0.39, 0.29) is 6.54 Å². The van der Waals surface area contributed by atoms with Gasteiger partial charge >= 0.3 is 58.8 Å². The van der Waals surface area contributed by atoms with Gasteiger partial charge < -0.3 is 14.1 Å². The molecular weight excluding hydrogens is 827 g/mol. The predicted octanol–water partition coefficient (Wildman–Crippen LogP) is 5.25. The average molecular weight is 851 g/mol. The molecule has 0 aliphatic heterocycles. The van der Waals surface area contributed by atoms with E-state index in [1.807, 2.05) is 0 Å². The van der Waals surface area contributed by atoms with Gasteiger partial charge in [0.1, 0.15) is 6.54 Å². The zero-order valence-electron chi connectivity index (χ0n) is 24.8. The van der Waals surface area contributed by atoms with Crippen molar-refractivity contribution in [3.05, 3.63) is 0 Å². The first kappa shape index (κ1) is 49.3. The highest BCUT2D eigenvalue weighted by atomic mass is 32.2. The molecule has 0 bridgehead atoms. The van der Waals surface area contributed by atoms with E-state index in [0.29, 0.717) is 0 Å². The summed E-state index contributed by atoms with van der Waals surface area (Å²) < 4.78 is 343. The second kappa shape index (κ2) is 14.2. The molecular formula is C20H23F21N2O6S2. The third-order valence-electron chi connectivity index (χ3n) is 6.82. The number of hydrogen-bond acceptors (Lipinski definition) is 6. The molecule has 0 unspecified atom stereocenters. The van der Waals surface area contributed by atoms with Gasteiger partial charge in [0.25, 0.3) is 10.0 Å². The van der Waals surface area contributed by atoms with Crippen molar-refractivity contribution in [3.63, 3.8) is 0 Å². The zero-order chi connectivity index (χ0) is 41.7. The summed E-state index contributed by atoms with van der Waals surface area (Å²) in [5.74, 6) is -75.0. The van der Waals surface area contributed by atoms with Crippen LogP contribution in [0.15, 0.2) is 0 Å². The fourth-order valence-corrected chi connectivity index (χ4v) is 5.69. The fourth-order valence-electron chi connectivity index (χ4n) is 3.70. The molecule has 0 radical (unpaired) electrons. The Balaban J connectivity index is 7.29. The molecule has 0 fully saturated rings. The largest absolute Gasteiger partial charge is 0.748 e. The number of rotatable bonds is 20. The Morgan fingerprint density at radius 3 is 1.16 bits per heavy atom. The van der Waals surface area contributed by atoms with E-state index in [1.54, 1.807) is 0 Å².